The predicted octanol–water partition coefficient (Wildman–Crippen LogP) is 3.26. The Kier molecular flexibility index (Phi) is 4.70. The van der Waals surface area contributed by atoms with Crippen molar-refractivity contribution >= 4 is 31.5 Å². The van der Waals surface area contributed by atoms with E-state index in [0.29, 0.717) is 30.8 Å². The molecular weight excluding hydrogens is 385 g/mol. The normalized spacial score (nSPS) is 15.7. The summed E-state index contributed by atoms with van der Waals surface area (Å²) in [5, 5.41) is 0. The van der Waals surface area contributed by atoms with Gasteiger partial charge in [0.2, 0.25) is 9.84 Å². The topological polar surface area (TPSA) is 46.6 Å². The molecule has 0 amide bonds. The van der Waals surface area contributed by atoms with Gasteiger partial charge in [0.05, 0.1) is 23.0 Å². The van der Waals surface area contributed by atoms with Crippen LogP contribution in [0.3, 0.4) is 0 Å². The summed E-state index contributed by atoms with van der Waals surface area (Å²) >= 11 is 3.37. The lowest BCUT2D eigenvalue weighted by atomic mass is 10.2. The largest absolute Gasteiger partial charge is 0.378 e. The lowest BCUT2D eigenvalue weighted by molar-refractivity contribution is 0.122. The molecule has 0 spiro atoms. The van der Waals surface area contributed by atoms with Gasteiger partial charge in [-0.1, -0.05) is 15.9 Å². The molecule has 0 aliphatic carbocycles. The van der Waals surface area contributed by atoms with E-state index in [0.717, 1.165) is 17.8 Å². The van der Waals surface area contributed by atoms with Gasteiger partial charge in [-0.3, -0.25) is 0 Å². The van der Waals surface area contributed by atoms with E-state index in [2.05, 4.69) is 20.8 Å². The Morgan fingerprint density at radius 1 is 1.00 bits per heavy atom. The van der Waals surface area contributed by atoms with Gasteiger partial charge in [-0.2, -0.15) is 0 Å². The molecule has 3 rings (SSSR count). The molecular formula is C16H15BrFNO3S. The van der Waals surface area contributed by atoms with Crippen molar-refractivity contribution in [3.8, 4) is 0 Å². The van der Waals surface area contributed by atoms with Gasteiger partial charge in [0.15, 0.2) is 0 Å². The molecule has 4 nitrogen and oxygen atoms in total. The maximum atomic E-state index is 13.0. The van der Waals surface area contributed by atoms with Crippen LogP contribution >= 0.6 is 15.9 Å². The summed E-state index contributed by atoms with van der Waals surface area (Å²) in [5.41, 5.74) is 0.823. The monoisotopic (exact) mass is 399 g/mol. The quantitative estimate of drug-likeness (QED) is 0.743. The van der Waals surface area contributed by atoms with Gasteiger partial charge in [0.1, 0.15) is 5.82 Å². The van der Waals surface area contributed by atoms with Gasteiger partial charge in [0.25, 0.3) is 0 Å². The van der Waals surface area contributed by atoms with Gasteiger partial charge >= 0.3 is 0 Å². The summed E-state index contributed by atoms with van der Waals surface area (Å²) < 4.78 is 44.5. The van der Waals surface area contributed by atoms with Crippen LogP contribution in [0, 0.1) is 5.82 Å². The Balaban J connectivity index is 2.01. The van der Waals surface area contributed by atoms with E-state index in [1.807, 2.05) is 6.07 Å². The fourth-order valence-electron chi connectivity index (χ4n) is 2.46. The van der Waals surface area contributed by atoms with Crippen molar-refractivity contribution in [2.24, 2.45) is 0 Å². The minimum atomic E-state index is -3.69. The molecule has 0 saturated carbocycles. The van der Waals surface area contributed by atoms with E-state index < -0.39 is 15.7 Å². The van der Waals surface area contributed by atoms with E-state index in [-0.39, 0.29) is 9.79 Å². The number of rotatable bonds is 3. The SMILES string of the molecule is O=S(=O)(c1ccc(F)cc1)c1cc(Br)cc(N2CCOCC2)c1. The second kappa shape index (κ2) is 6.59. The third-order valence-electron chi connectivity index (χ3n) is 3.67. The first kappa shape index (κ1) is 16.4. The van der Waals surface area contributed by atoms with E-state index in [1.54, 1.807) is 12.1 Å². The predicted molar refractivity (Wildman–Crippen MR) is 89.0 cm³/mol. The lowest BCUT2D eigenvalue weighted by Gasteiger charge is -2.29. The number of nitrogens with zero attached hydrogens (tertiary/aromatic N) is 1. The molecule has 0 atom stereocenters. The Labute approximate surface area is 142 Å². The second-order valence-corrected chi connectivity index (χ2v) is 8.07. The highest BCUT2D eigenvalue weighted by molar-refractivity contribution is 9.10. The fourth-order valence-corrected chi connectivity index (χ4v) is 4.41. The molecule has 0 aromatic heterocycles. The highest BCUT2D eigenvalue weighted by Gasteiger charge is 2.21. The Morgan fingerprint density at radius 3 is 2.30 bits per heavy atom. The molecule has 1 aliphatic rings. The molecule has 1 fully saturated rings. The number of hydrogen-bond acceptors (Lipinski definition) is 4. The highest BCUT2D eigenvalue weighted by atomic mass is 79.9. The van der Waals surface area contributed by atoms with Crippen molar-refractivity contribution < 1.29 is 17.5 Å². The van der Waals surface area contributed by atoms with Gasteiger partial charge in [-0.25, -0.2) is 12.8 Å². The minimum absolute atomic E-state index is 0.0740. The molecule has 1 aliphatic heterocycles. The van der Waals surface area contributed by atoms with Crippen molar-refractivity contribution in [2.75, 3.05) is 31.2 Å². The average Bonchev–Trinajstić information content (AvgIpc) is 2.55. The summed E-state index contributed by atoms with van der Waals surface area (Å²) in [4.78, 5) is 2.34. The first-order valence-corrected chi connectivity index (χ1v) is 9.38. The smallest absolute Gasteiger partial charge is 0.206 e. The number of benzene rings is 2. The van der Waals surface area contributed by atoms with Crippen LogP contribution in [0.25, 0.3) is 0 Å². The van der Waals surface area contributed by atoms with E-state index in [4.69, 9.17) is 4.74 Å². The Morgan fingerprint density at radius 2 is 1.65 bits per heavy atom. The fraction of sp³-hybridized carbons (Fsp3) is 0.250. The summed E-state index contributed by atoms with van der Waals surface area (Å²) in [5.74, 6) is -0.466. The van der Waals surface area contributed by atoms with Gasteiger partial charge < -0.3 is 9.64 Å². The molecule has 0 radical (unpaired) electrons. The standard InChI is InChI=1S/C16H15BrFNO3S/c17-12-9-14(19-5-7-22-8-6-19)11-16(10-12)23(20,21)15-3-1-13(18)2-4-15/h1-4,9-11H,5-8H2. The number of ether oxygens (including phenoxy) is 1. The van der Waals surface area contributed by atoms with E-state index in [9.17, 15) is 12.8 Å². The van der Waals surface area contributed by atoms with Crippen molar-refractivity contribution in [3.63, 3.8) is 0 Å². The first-order valence-electron chi connectivity index (χ1n) is 7.11. The summed E-state index contributed by atoms with van der Waals surface area (Å²) in [7, 11) is -3.69. The Bertz CT molecular complexity index is 803. The highest BCUT2D eigenvalue weighted by Crippen LogP contribution is 2.29. The zero-order chi connectivity index (χ0) is 16.4. The van der Waals surface area contributed by atoms with Crippen LogP contribution in [-0.4, -0.2) is 34.7 Å². The second-order valence-electron chi connectivity index (χ2n) is 5.20. The molecule has 0 unspecified atom stereocenters. The molecule has 1 heterocycles. The van der Waals surface area contributed by atoms with E-state index in [1.165, 1.54) is 12.1 Å². The van der Waals surface area contributed by atoms with Gasteiger partial charge in [-0.15, -0.1) is 0 Å². The number of morpholine rings is 1. The van der Waals surface area contributed by atoms with Crippen molar-refractivity contribution in [1.82, 2.24) is 0 Å². The number of sulfone groups is 1. The lowest BCUT2D eigenvalue weighted by Crippen LogP contribution is -2.36. The molecule has 23 heavy (non-hydrogen) atoms. The maximum Gasteiger partial charge on any atom is 0.206 e. The van der Waals surface area contributed by atoms with Crippen molar-refractivity contribution in [1.29, 1.82) is 0 Å². The zero-order valence-corrected chi connectivity index (χ0v) is 14.6. The number of anilines is 1. The molecule has 1 saturated heterocycles. The maximum absolute atomic E-state index is 13.0. The van der Waals surface area contributed by atoms with Crippen LogP contribution in [0.15, 0.2) is 56.7 Å². The summed E-state index contributed by atoms with van der Waals surface area (Å²) in [6.07, 6.45) is 0. The molecule has 2 aromatic rings. The van der Waals surface area contributed by atoms with Crippen LogP contribution in [0.1, 0.15) is 0 Å². The third kappa shape index (κ3) is 3.57. The molecule has 122 valence electrons. The summed E-state index contributed by atoms with van der Waals surface area (Å²) in [6.45, 7) is 2.66. The van der Waals surface area contributed by atoms with Crippen LogP contribution in [0.2, 0.25) is 0 Å². The molecule has 7 heteroatoms. The molecule has 2 aromatic carbocycles. The molecule has 0 N–H and O–H groups in total. The van der Waals surface area contributed by atoms with Crippen LogP contribution in [-0.2, 0) is 14.6 Å². The Hall–Kier alpha value is -1.44. The third-order valence-corrected chi connectivity index (χ3v) is 5.87. The zero-order valence-electron chi connectivity index (χ0n) is 12.2. The average molecular weight is 400 g/mol. The number of hydrogen-bond donors (Lipinski definition) is 0. The first-order chi connectivity index (χ1) is 11.0. The van der Waals surface area contributed by atoms with Crippen molar-refractivity contribution in [3.05, 3.63) is 52.8 Å². The van der Waals surface area contributed by atoms with Crippen LogP contribution < -0.4 is 4.90 Å². The van der Waals surface area contributed by atoms with Crippen molar-refractivity contribution in [2.45, 2.75) is 9.79 Å². The van der Waals surface area contributed by atoms with E-state index >= 15 is 0 Å². The summed E-state index contributed by atoms with van der Waals surface area (Å²) in [6, 6.07) is 9.94. The molecule has 0 bridgehead atoms. The van der Waals surface area contributed by atoms with Gasteiger partial charge in [0, 0.05) is 23.2 Å². The number of halogens is 2. The van der Waals surface area contributed by atoms with Crippen LogP contribution in [0.4, 0.5) is 10.1 Å². The van der Waals surface area contributed by atoms with Crippen LogP contribution in [0.5, 0.6) is 0 Å². The minimum Gasteiger partial charge on any atom is -0.378 e. The van der Waals surface area contributed by atoms with Gasteiger partial charge in [-0.05, 0) is 42.5 Å².